The van der Waals surface area contributed by atoms with Gasteiger partial charge in [0.05, 0.1) is 0 Å². The van der Waals surface area contributed by atoms with Gasteiger partial charge in [0.25, 0.3) is 0 Å². The van der Waals surface area contributed by atoms with E-state index in [0.717, 1.165) is 12.0 Å². The SMILES string of the molecule is Nc1nc(Cl)ncc1Cc1ccccc1. The summed E-state index contributed by atoms with van der Waals surface area (Å²) >= 11 is 5.62. The lowest BCUT2D eigenvalue weighted by molar-refractivity contribution is 1.08. The summed E-state index contributed by atoms with van der Waals surface area (Å²) in [7, 11) is 0. The maximum absolute atomic E-state index is 5.73. The Bertz CT molecular complexity index is 457. The molecule has 2 N–H and O–H groups in total. The van der Waals surface area contributed by atoms with Crippen molar-refractivity contribution in [1.29, 1.82) is 0 Å². The minimum Gasteiger partial charge on any atom is -0.383 e. The number of nitrogens with zero attached hydrogens (tertiary/aromatic N) is 2. The Kier molecular flexibility index (Phi) is 2.83. The lowest BCUT2D eigenvalue weighted by atomic mass is 10.1. The van der Waals surface area contributed by atoms with Crippen molar-refractivity contribution in [3.05, 3.63) is 52.9 Å². The van der Waals surface area contributed by atoms with Crippen molar-refractivity contribution >= 4 is 17.4 Å². The predicted octanol–water partition coefficient (Wildman–Crippen LogP) is 2.30. The first-order valence-corrected chi connectivity index (χ1v) is 4.94. The number of aromatic nitrogens is 2. The first-order valence-electron chi connectivity index (χ1n) is 4.56. The van der Waals surface area contributed by atoms with Crippen LogP contribution < -0.4 is 5.73 Å². The Morgan fingerprint density at radius 2 is 1.93 bits per heavy atom. The summed E-state index contributed by atoms with van der Waals surface area (Å²) in [4.78, 5) is 7.81. The van der Waals surface area contributed by atoms with Gasteiger partial charge in [-0.2, -0.15) is 0 Å². The average molecular weight is 220 g/mol. The minimum atomic E-state index is 0.185. The molecule has 0 unspecified atom stereocenters. The van der Waals surface area contributed by atoms with Crippen LogP contribution >= 0.6 is 11.6 Å². The fourth-order valence-corrected chi connectivity index (χ4v) is 1.49. The van der Waals surface area contributed by atoms with Crippen molar-refractivity contribution in [3.8, 4) is 0 Å². The Balaban J connectivity index is 2.25. The van der Waals surface area contributed by atoms with Gasteiger partial charge < -0.3 is 5.73 Å². The summed E-state index contributed by atoms with van der Waals surface area (Å²) < 4.78 is 0. The van der Waals surface area contributed by atoms with E-state index in [2.05, 4.69) is 9.97 Å². The Hall–Kier alpha value is -1.61. The minimum absolute atomic E-state index is 0.185. The van der Waals surface area contributed by atoms with Crippen molar-refractivity contribution in [2.75, 3.05) is 5.73 Å². The molecular formula is C11H10ClN3. The van der Waals surface area contributed by atoms with E-state index in [4.69, 9.17) is 17.3 Å². The quantitative estimate of drug-likeness (QED) is 0.789. The van der Waals surface area contributed by atoms with Crippen LogP contribution in [0.15, 0.2) is 36.5 Å². The number of halogens is 1. The second-order valence-electron chi connectivity index (χ2n) is 3.21. The molecule has 0 aliphatic heterocycles. The van der Waals surface area contributed by atoms with Crippen LogP contribution in [0.25, 0.3) is 0 Å². The number of nitrogen functional groups attached to an aromatic ring is 1. The highest BCUT2D eigenvalue weighted by Crippen LogP contribution is 2.14. The van der Waals surface area contributed by atoms with Gasteiger partial charge in [-0.25, -0.2) is 9.97 Å². The van der Waals surface area contributed by atoms with Gasteiger partial charge in [0.15, 0.2) is 0 Å². The lowest BCUT2D eigenvalue weighted by Crippen LogP contribution is -2.00. The molecule has 15 heavy (non-hydrogen) atoms. The van der Waals surface area contributed by atoms with Crippen molar-refractivity contribution in [2.45, 2.75) is 6.42 Å². The molecule has 0 fully saturated rings. The molecule has 2 rings (SSSR count). The maximum Gasteiger partial charge on any atom is 0.224 e. The number of rotatable bonds is 2. The van der Waals surface area contributed by atoms with Gasteiger partial charge >= 0.3 is 0 Å². The zero-order chi connectivity index (χ0) is 10.7. The van der Waals surface area contributed by atoms with Crippen LogP contribution in [0, 0.1) is 0 Å². The zero-order valence-corrected chi connectivity index (χ0v) is 8.78. The van der Waals surface area contributed by atoms with Gasteiger partial charge in [-0.1, -0.05) is 30.3 Å². The number of hydrogen-bond acceptors (Lipinski definition) is 3. The summed E-state index contributed by atoms with van der Waals surface area (Å²) in [5.41, 5.74) is 7.80. The van der Waals surface area contributed by atoms with E-state index in [0.29, 0.717) is 5.82 Å². The highest BCUT2D eigenvalue weighted by atomic mass is 35.5. The highest BCUT2D eigenvalue weighted by molar-refractivity contribution is 6.28. The third kappa shape index (κ3) is 2.44. The van der Waals surface area contributed by atoms with E-state index >= 15 is 0 Å². The summed E-state index contributed by atoms with van der Waals surface area (Å²) in [6.07, 6.45) is 2.39. The van der Waals surface area contributed by atoms with Crippen molar-refractivity contribution in [3.63, 3.8) is 0 Å². The average Bonchev–Trinajstić information content (AvgIpc) is 2.24. The largest absolute Gasteiger partial charge is 0.383 e. The van der Waals surface area contributed by atoms with Crippen LogP contribution in [-0.2, 0) is 6.42 Å². The molecule has 0 spiro atoms. The number of benzene rings is 1. The van der Waals surface area contributed by atoms with Gasteiger partial charge in [0, 0.05) is 18.2 Å². The van der Waals surface area contributed by atoms with Crippen LogP contribution in [0.1, 0.15) is 11.1 Å². The molecule has 0 bridgehead atoms. The van der Waals surface area contributed by atoms with E-state index in [-0.39, 0.29) is 5.28 Å². The lowest BCUT2D eigenvalue weighted by Gasteiger charge is -2.04. The molecule has 0 saturated heterocycles. The van der Waals surface area contributed by atoms with Crippen molar-refractivity contribution < 1.29 is 0 Å². The van der Waals surface area contributed by atoms with E-state index in [9.17, 15) is 0 Å². The normalized spacial score (nSPS) is 10.2. The molecule has 0 amide bonds. The molecular weight excluding hydrogens is 210 g/mol. The van der Waals surface area contributed by atoms with Crippen LogP contribution in [0.4, 0.5) is 5.82 Å². The molecule has 4 heteroatoms. The van der Waals surface area contributed by atoms with E-state index < -0.39 is 0 Å². The van der Waals surface area contributed by atoms with Gasteiger partial charge in [-0.05, 0) is 17.2 Å². The molecule has 0 saturated carbocycles. The van der Waals surface area contributed by atoms with E-state index in [1.807, 2.05) is 30.3 Å². The van der Waals surface area contributed by atoms with Gasteiger partial charge in [0.1, 0.15) is 5.82 Å². The molecule has 3 nitrogen and oxygen atoms in total. The van der Waals surface area contributed by atoms with Crippen LogP contribution in [0.3, 0.4) is 0 Å². The molecule has 2 aromatic rings. The number of hydrogen-bond donors (Lipinski definition) is 1. The first-order chi connectivity index (χ1) is 7.25. The van der Waals surface area contributed by atoms with Gasteiger partial charge in [-0.15, -0.1) is 0 Å². The second kappa shape index (κ2) is 4.28. The molecule has 0 aliphatic rings. The molecule has 0 atom stereocenters. The second-order valence-corrected chi connectivity index (χ2v) is 3.55. The predicted molar refractivity (Wildman–Crippen MR) is 60.7 cm³/mol. The smallest absolute Gasteiger partial charge is 0.224 e. The van der Waals surface area contributed by atoms with Crippen LogP contribution in [-0.4, -0.2) is 9.97 Å². The maximum atomic E-state index is 5.73. The number of nitrogens with two attached hydrogens (primary N) is 1. The molecule has 0 aliphatic carbocycles. The van der Waals surface area contributed by atoms with Gasteiger partial charge in [-0.3, -0.25) is 0 Å². The molecule has 1 aromatic heterocycles. The molecule has 1 aromatic carbocycles. The monoisotopic (exact) mass is 219 g/mol. The summed E-state index contributed by atoms with van der Waals surface area (Å²) in [5.74, 6) is 0.443. The Morgan fingerprint density at radius 3 is 2.60 bits per heavy atom. The molecule has 0 radical (unpaired) electrons. The summed E-state index contributed by atoms with van der Waals surface area (Å²) in [6, 6.07) is 10.0. The van der Waals surface area contributed by atoms with Crippen LogP contribution in [0.2, 0.25) is 5.28 Å². The van der Waals surface area contributed by atoms with Crippen molar-refractivity contribution in [2.24, 2.45) is 0 Å². The standard InChI is InChI=1S/C11H10ClN3/c12-11-14-7-9(10(13)15-11)6-8-4-2-1-3-5-8/h1-5,7H,6H2,(H2,13,14,15). The highest BCUT2D eigenvalue weighted by Gasteiger charge is 2.03. The van der Waals surface area contributed by atoms with Crippen LogP contribution in [0.5, 0.6) is 0 Å². The molecule has 1 heterocycles. The first kappa shape index (κ1) is 9.93. The third-order valence-electron chi connectivity index (χ3n) is 2.11. The molecule has 76 valence electrons. The van der Waals surface area contributed by atoms with Crippen molar-refractivity contribution in [1.82, 2.24) is 9.97 Å². The van der Waals surface area contributed by atoms with Gasteiger partial charge in [0.2, 0.25) is 5.28 Å². The van der Waals surface area contributed by atoms with E-state index in [1.54, 1.807) is 6.20 Å². The third-order valence-corrected chi connectivity index (χ3v) is 2.29. The fourth-order valence-electron chi connectivity index (χ4n) is 1.35. The number of anilines is 1. The Morgan fingerprint density at radius 1 is 1.20 bits per heavy atom. The summed E-state index contributed by atoms with van der Waals surface area (Å²) in [6.45, 7) is 0. The topological polar surface area (TPSA) is 51.8 Å². The Labute approximate surface area is 92.9 Å². The zero-order valence-electron chi connectivity index (χ0n) is 8.02. The fraction of sp³-hybridized carbons (Fsp3) is 0.0909. The summed E-state index contributed by atoms with van der Waals surface area (Å²) in [5, 5.41) is 0.185. The van der Waals surface area contributed by atoms with E-state index in [1.165, 1.54) is 5.56 Å².